The fraction of sp³-hybridized carbons (Fsp3) is 0.438. The lowest BCUT2D eigenvalue weighted by Crippen LogP contribution is -2.13. The van der Waals surface area contributed by atoms with Crippen molar-refractivity contribution >= 4 is 12.0 Å². The van der Waals surface area contributed by atoms with Gasteiger partial charge in [-0.05, 0) is 30.0 Å². The molecule has 0 unspecified atom stereocenters. The Kier molecular flexibility index (Phi) is 5.30. The quantitative estimate of drug-likeness (QED) is 0.612. The first-order chi connectivity index (χ1) is 9.65. The summed E-state index contributed by atoms with van der Waals surface area (Å²) in [5, 5.41) is 8.51. The van der Waals surface area contributed by atoms with Crippen LogP contribution in [0.2, 0.25) is 0 Å². The molecule has 1 aromatic carbocycles. The van der Waals surface area contributed by atoms with Crippen molar-refractivity contribution in [2.45, 2.75) is 32.3 Å². The zero-order chi connectivity index (χ0) is 14.4. The Morgan fingerprint density at radius 1 is 1.45 bits per heavy atom. The van der Waals surface area contributed by atoms with Gasteiger partial charge in [-0.25, -0.2) is 9.18 Å². The molecular formula is C16H19FO3. The molecule has 0 aromatic heterocycles. The molecule has 108 valence electrons. The highest BCUT2D eigenvalue weighted by molar-refractivity contribution is 5.85. The summed E-state index contributed by atoms with van der Waals surface area (Å²) in [4.78, 5) is 10.4. The number of hydrogen-bond donors (Lipinski definition) is 1. The maximum absolute atomic E-state index is 13.8. The van der Waals surface area contributed by atoms with Crippen LogP contribution in [0.25, 0.3) is 6.08 Å². The van der Waals surface area contributed by atoms with Gasteiger partial charge in [0.1, 0.15) is 5.82 Å². The van der Waals surface area contributed by atoms with E-state index in [1.165, 1.54) is 31.4 Å². The lowest BCUT2D eigenvalue weighted by molar-refractivity contribution is -0.131. The maximum atomic E-state index is 13.8. The molecule has 0 heterocycles. The van der Waals surface area contributed by atoms with Crippen molar-refractivity contribution in [1.82, 2.24) is 0 Å². The molecule has 1 aliphatic carbocycles. The Morgan fingerprint density at radius 3 is 2.85 bits per heavy atom. The third-order valence-electron chi connectivity index (χ3n) is 3.65. The fourth-order valence-corrected chi connectivity index (χ4v) is 2.17. The predicted octanol–water partition coefficient (Wildman–Crippen LogP) is 3.63. The number of rotatable bonds is 7. The van der Waals surface area contributed by atoms with Gasteiger partial charge in [0.15, 0.2) is 0 Å². The van der Waals surface area contributed by atoms with Gasteiger partial charge in [0, 0.05) is 18.2 Å². The van der Waals surface area contributed by atoms with E-state index in [1.807, 2.05) is 0 Å². The van der Waals surface area contributed by atoms with Crippen LogP contribution in [0.15, 0.2) is 24.3 Å². The molecule has 0 spiro atoms. The molecule has 1 N–H and O–H groups in total. The van der Waals surface area contributed by atoms with Crippen LogP contribution in [0.3, 0.4) is 0 Å². The molecule has 3 nitrogen and oxygen atoms in total. The Labute approximate surface area is 118 Å². The van der Waals surface area contributed by atoms with E-state index in [0.29, 0.717) is 17.7 Å². The first-order valence-electron chi connectivity index (χ1n) is 6.92. The highest BCUT2D eigenvalue weighted by Gasteiger charge is 2.16. The minimum Gasteiger partial charge on any atom is -0.478 e. The van der Waals surface area contributed by atoms with E-state index in [2.05, 4.69) is 0 Å². The van der Waals surface area contributed by atoms with E-state index in [0.717, 1.165) is 18.4 Å². The molecule has 20 heavy (non-hydrogen) atoms. The lowest BCUT2D eigenvalue weighted by atomic mass is 9.83. The molecule has 0 bridgehead atoms. The largest absolute Gasteiger partial charge is 0.478 e. The summed E-state index contributed by atoms with van der Waals surface area (Å²) in [5.74, 6) is -0.613. The molecular weight excluding hydrogens is 259 g/mol. The number of carboxylic acids is 1. The van der Waals surface area contributed by atoms with Crippen LogP contribution in [0.4, 0.5) is 4.39 Å². The van der Waals surface area contributed by atoms with Gasteiger partial charge in [-0.3, -0.25) is 0 Å². The van der Waals surface area contributed by atoms with Crippen molar-refractivity contribution in [2.24, 2.45) is 5.92 Å². The van der Waals surface area contributed by atoms with Crippen molar-refractivity contribution in [2.75, 3.05) is 6.61 Å². The lowest BCUT2D eigenvalue weighted by Gasteiger charge is -2.24. The van der Waals surface area contributed by atoms with E-state index in [9.17, 15) is 9.18 Å². The van der Waals surface area contributed by atoms with Gasteiger partial charge in [0.05, 0.1) is 6.61 Å². The Bertz CT molecular complexity index is 492. The third-order valence-corrected chi connectivity index (χ3v) is 3.65. The average Bonchev–Trinajstić information content (AvgIpc) is 2.36. The first-order valence-corrected chi connectivity index (χ1v) is 6.92. The van der Waals surface area contributed by atoms with Crippen LogP contribution in [0.5, 0.6) is 0 Å². The number of carboxylic acid groups (broad SMARTS) is 1. The molecule has 4 heteroatoms. The summed E-state index contributed by atoms with van der Waals surface area (Å²) in [6.45, 7) is 0.937. The standard InChI is InChI=1S/C16H19FO3/c17-15-10-13(5-7-16(18)19)4-6-14(15)11-20-9-8-12-2-1-3-12/h4-7,10,12H,1-3,8-9,11H2,(H,18,19)/b7-5+. The van der Waals surface area contributed by atoms with E-state index in [1.54, 1.807) is 12.1 Å². The van der Waals surface area contributed by atoms with Gasteiger partial charge in [0.2, 0.25) is 0 Å². The molecule has 1 saturated carbocycles. The highest BCUT2D eigenvalue weighted by Crippen LogP contribution is 2.29. The predicted molar refractivity (Wildman–Crippen MR) is 74.7 cm³/mol. The second-order valence-corrected chi connectivity index (χ2v) is 5.16. The number of hydrogen-bond acceptors (Lipinski definition) is 2. The van der Waals surface area contributed by atoms with Crippen molar-refractivity contribution in [3.63, 3.8) is 0 Å². The Balaban J connectivity index is 1.80. The van der Waals surface area contributed by atoms with Gasteiger partial charge in [-0.15, -0.1) is 0 Å². The molecule has 1 fully saturated rings. The van der Waals surface area contributed by atoms with E-state index in [-0.39, 0.29) is 12.4 Å². The van der Waals surface area contributed by atoms with Crippen LogP contribution in [-0.4, -0.2) is 17.7 Å². The Hall–Kier alpha value is -1.68. The second kappa shape index (κ2) is 7.20. The highest BCUT2D eigenvalue weighted by atomic mass is 19.1. The fourth-order valence-electron chi connectivity index (χ4n) is 2.17. The van der Waals surface area contributed by atoms with Gasteiger partial charge >= 0.3 is 5.97 Å². The molecule has 0 saturated heterocycles. The molecule has 1 aliphatic rings. The van der Waals surface area contributed by atoms with E-state index < -0.39 is 5.97 Å². The summed E-state index contributed by atoms with van der Waals surface area (Å²) in [6.07, 6.45) is 7.33. The minimum atomic E-state index is -1.05. The van der Waals surface area contributed by atoms with Crippen LogP contribution < -0.4 is 0 Å². The molecule has 2 rings (SSSR count). The number of aliphatic carboxylic acids is 1. The normalized spacial score (nSPS) is 15.4. The third kappa shape index (κ3) is 4.46. The van der Waals surface area contributed by atoms with Gasteiger partial charge in [-0.1, -0.05) is 31.4 Å². The zero-order valence-corrected chi connectivity index (χ0v) is 11.3. The van der Waals surface area contributed by atoms with Crippen LogP contribution in [0, 0.1) is 11.7 Å². The second-order valence-electron chi connectivity index (χ2n) is 5.16. The number of benzene rings is 1. The topological polar surface area (TPSA) is 46.5 Å². The summed E-state index contributed by atoms with van der Waals surface area (Å²) in [7, 11) is 0. The number of ether oxygens (including phenoxy) is 1. The van der Waals surface area contributed by atoms with Crippen LogP contribution in [-0.2, 0) is 16.1 Å². The zero-order valence-electron chi connectivity index (χ0n) is 11.3. The van der Waals surface area contributed by atoms with Crippen molar-refractivity contribution in [3.05, 3.63) is 41.2 Å². The molecule has 0 amide bonds. The van der Waals surface area contributed by atoms with Crippen molar-refractivity contribution in [1.29, 1.82) is 0 Å². The summed E-state index contributed by atoms with van der Waals surface area (Å²) in [5.41, 5.74) is 1.04. The minimum absolute atomic E-state index is 0.265. The SMILES string of the molecule is O=C(O)/C=C/c1ccc(COCCC2CCC2)c(F)c1. The van der Waals surface area contributed by atoms with Gasteiger partial charge in [0.25, 0.3) is 0 Å². The monoisotopic (exact) mass is 278 g/mol. The van der Waals surface area contributed by atoms with Crippen LogP contribution in [0.1, 0.15) is 36.8 Å². The summed E-state index contributed by atoms with van der Waals surface area (Å²) >= 11 is 0. The first kappa shape index (κ1) is 14.7. The van der Waals surface area contributed by atoms with Gasteiger partial charge < -0.3 is 9.84 Å². The molecule has 0 atom stereocenters. The molecule has 0 aliphatic heterocycles. The number of carbonyl (C=O) groups is 1. The Morgan fingerprint density at radius 2 is 2.25 bits per heavy atom. The average molecular weight is 278 g/mol. The van der Waals surface area contributed by atoms with Crippen LogP contribution >= 0.6 is 0 Å². The summed E-state index contributed by atoms with van der Waals surface area (Å²) in [6, 6.07) is 4.65. The smallest absolute Gasteiger partial charge is 0.328 e. The molecule has 0 radical (unpaired) electrons. The van der Waals surface area contributed by atoms with Gasteiger partial charge in [-0.2, -0.15) is 0 Å². The summed E-state index contributed by atoms with van der Waals surface area (Å²) < 4.78 is 19.3. The van der Waals surface area contributed by atoms with Crippen molar-refractivity contribution < 1.29 is 19.0 Å². The van der Waals surface area contributed by atoms with E-state index >= 15 is 0 Å². The maximum Gasteiger partial charge on any atom is 0.328 e. The number of halogens is 1. The molecule has 1 aromatic rings. The van der Waals surface area contributed by atoms with Crippen molar-refractivity contribution in [3.8, 4) is 0 Å². The van der Waals surface area contributed by atoms with E-state index in [4.69, 9.17) is 9.84 Å².